The molecule has 156 valence electrons. The third kappa shape index (κ3) is 4.79. The van der Waals surface area contributed by atoms with Crippen molar-refractivity contribution < 1.29 is 13.5 Å². The molecule has 2 atom stereocenters. The largest absolute Gasteiger partial charge is 0.593 e. The summed E-state index contributed by atoms with van der Waals surface area (Å²) < 4.78 is 33.4. The van der Waals surface area contributed by atoms with Crippen molar-refractivity contribution in [2.75, 3.05) is 20.2 Å². The molecular weight excluding hydrogens is 396 g/mol. The van der Waals surface area contributed by atoms with E-state index >= 15 is 0 Å². The number of hydrogen-bond acceptors (Lipinski definition) is 4. The van der Waals surface area contributed by atoms with Crippen molar-refractivity contribution in [3.05, 3.63) is 84.4 Å². The van der Waals surface area contributed by atoms with E-state index in [2.05, 4.69) is 40.0 Å². The summed E-state index contributed by atoms with van der Waals surface area (Å²) in [6.07, 6.45) is 0.811. The van der Waals surface area contributed by atoms with Crippen LogP contribution in [0.3, 0.4) is 0 Å². The molecule has 0 spiro atoms. The van der Waals surface area contributed by atoms with Crippen molar-refractivity contribution in [2.24, 2.45) is 0 Å². The van der Waals surface area contributed by atoms with Crippen LogP contribution in [0.4, 0.5) is 0 Å². The number of ether oxygens (including phenoxy) is 1. The molecule has 3 aromatic carbocycles. The molecule has 0 aliphatic carbocycles. The van der Waals surface area contributed by atoms with Crippen LogP contribution in [0, 0.1) is 0 Å². The number of nitrogens with zero attached hydrogens (tertiary/aromatic N) is 1. The molecule has 1 N–H and O–H groups in total. The van der Waals surface area contributed by atoms with Gasteiger partial charge < -0.3 is 9.29 Å². The lowest BCUT2D eigenvalue weighted by atomic mass is 10.0. The quantitative estimate of drug-likeness (QED) is 0.582. The van der Waals surface area contributed by atoms with Gasteiger partial charge >= 0.3 is 0 Å². The van der Waals surface area contributed by atoms with Gasteiger partial charge in [0.15, 0.2) is 15.3 Å². The summed E-state index contributed by atoms with van der Waals surface area (Å²) in [5.74, 6) is 0.860. The highest BCUT2D eigenvalue weighted by Gasteiger charge is 2.30. The van der Waals surface area contributed by atoms with Crippen LogP contribution in [0.15, 0.2) is 83.8 Å². The number of para-hydroxylation sites is 1. The first kappa shape index (κ1) is 20.8. The fourth-order valence-electron chi connectivity index (χ4n) is 3.89. The molecule has 0 saturated carbocycles. The molecule has 0 aromatic heterocycles. The van der Waals surface area contributed by atoms with Gasteiger partial charge in [-0.2, -0.15) is 0 Å². The smallest absolute Gasteiger partial charge is 0.175 e. The fourth-order valence-corrected chi connectivity index (χ4v) is 5.17. The summed E-state index contributed by atoms with van der Waals surface area (Å²) >= 11 is 0. The zero-order chi connectivity index (χ0) is 21.0. The van der Waals surface area contributed by atoms with Crippen LogP contribution in [0.25, 0.3) is 11.1 Å². The Morgan fingerprint density at radius 2 is 1.73 bits per heavy atom. The van der Waals surface area contributed by atoms with Gasteiger partial charge in [0, 0.05) is 25.2 Å². The topological polar surface area (TPSA) is 64.6 Å². The van der Waals surface area contributed by atoms with Gasteiger partial charge in [0.1, 0.15) is 5.75 Å². The van der Waals surface area contributed by atoms with Gasteiger partial charge in [0.2, 0.25) is 0 Å². The van der Waals surface area contributed by atoms with Gasteiger partial charge in [-0.05, 0) is 35.7 Å². The Morgan fingerprint density at radius 1 is 1.03 bits per heavy atom. The van der Waals surface area contributed by atoms with Crippen molar-refractivity contribution in [3.8, 4) is 16.9 Å². The van der Waals surface area contributed by atoms with Gasteiger partial charge in [-0.3, -0.25) is 4.90 Å². The minimum atomic E-state index is -3.47. The van der Waals surface area contributed by atoms with Crippen LogP contribution in [0.1, 0.15) is 12.0 Å². The van der Waals surface area contributed by atoms with E-state index < -0.39 is 10.4 Å². The minimum Gasteiger partial charge on any atom is -0.593 e. The van der Waals surface area contributed by atoms with Crippen molar-refractivity contribution in [3.63, 3.8) is 0 Å². The van der Waals surface area contributed by atoms with E-state index in [9.17, 15) is 8.76 Å². The Kier molecular flexibility index (Phi) is 6.29. The first-order valence-electron chi connectivity index (χ1n) is 10.1. The molecule has 0 amide bonds. The second kappa shape index (κ2) is 9.10. The lowest BCUT2D eigenvalue weighted by Crippen LogP contribution is -2.40. The van der Waals surface area contributed by atoms with E-state index in [0.29, 0.717) is 11.4 Å². The van der Waals surface area contributed by atoms with Crippen LogP contribution >= 0.6 is 0 Å². The van der Waals surface area contributed by atoms with Crippen LogP contribution in [-0.4, -0.2) is 35.7 Å². The Bertz CT molecular complexity index is 1020. The van der Waals surface area contributed by atoms with Crippen LogP contribution in [0.5, 0.6) is 5.75 Å². The fraction of sp³-hybridized carbons (Fsp3) is 0.250. The Labute approximate surface area is 179 Å². The Hall–Kier alpha value is -2.51. The molecule has 4 rings (SSSR count). The molecule has 0 bridgehead atoms. The van der Waals surface area contributed by atoms with Crippen molar-refractivity contribution >= 4 is 10.4 Å². The molecule has 1 fully saturated rings. The standard InChI is InChI=1S/C24H26N2O3S/c1-29-24-10-6-5-9-23(24)20-13-11-19(12-14-20)17-26-16-15-21(18-26)25-30(27,28)22-7-3-2-4-8-22/h2-14,21H,15-18H2,1H3,(H-,25,27,28). The molecule has 2 unspecified atom stereocenters. The van der Waals surface area contributed by atoms with Crippen LogP contribution in [0.2, 0.25) is 0 Å². The maximum Gasteiger partial charge on any atom is 0.175 e. The lowest BCUT2D eigenvalue weighted by molar-refractivity contribution is 0.323. The van der Waals surface area contributed by atoms with E-state index in [1.807, 2.05) is 24.3 Å². The van der Waals surface area contributed by atoms with Crippen molar-refractivity contribution in [1.82, 2.24) is 9.62 Å². The SMILES string of the molecule is COc1ccccc1-c1ccc(CN2CCC(N[S+](=O)([O-])c3ccccc3)C2)cc1. The monoisotopic (exact) mass is 422 g/mol. The molecule has 0 radical (unpaired) electrons. The first-order chi connectivity index (χ1) is 14.5. The molecular formula is C24H26N2O3S. The zero-order valence-electron chi connectivity index (χ0n) is 17.0. The van der Waals surface area contributed by atoms with E-state index in [-0.39, 0.29) is 6.04 Å². The van der Waals surface area contributed by atoms with E-state index in [0.717, 1.165) is 36.4 Å². The summed E-state index contributed by atoms with van der Waals surface area (Å²) in [7, 11) is -1.79. The summed E-state index contributed by atoms with van der Waals surface area (Å²) in [6.45, 7) is 2.38. The van der Waals surface area contributed by atoms with Gasteiger partial charge in [0.25, 0.3) is 0 Å². The average molecular weight is 423 g/mol. The van der Waals surface area contributed by atoms with E-state index in [4.69, 9.17) is 4.74 Å². The van der Waals surface area contributed by atoms with E-state index in [1.54, 1.807) is 31.4 Å². The van der Waals surface area contributed by atoms with E-state index in [1.165, 1.54) is 5.56 Å². The predicted octanol–water partition coefficient (Wildman–Crippen LogP) is 4.13. The normalized spacial score (nSPS) is 18.8. The highest BCUT2D eigenvalue weighted by molar-refractivity contribution is 7.95. The highest BCUT2D eigenvalue weighted by atomic mass is 32.3. The number of likely N-dealkylation sites (tertiary alicyclic amines) is 1. The summed E-state index contributed by atoms with van der Waals surface area (Å²) in [4.78, 5) is 2.60. The van der Waals surface area contributed by atoms with Crippen LogP contribution < -0.4 is 9.46 Å². The lowest BCUT2D eigenvalue weighted by Gasteiger charge is -2.20. The molecule has 3 aromatic rings. The number of methoxy groups -OCH3 is 1. The molecule has 1 saturated heterocycles. The predicted molar refractivity (Wildman–Crippen MR) is 119 cm³/mol. The summed E-state index contributed by atoms with van der Waals surface area (Å²) in [5.41, 5.74) is 3.40. The third-order valence-corrected chi connectivity index (χ3v) is 6.96. The molecule has 5 nitrogen and oxygen atoms in total. The molecule has 6 heteroatoms. The number of nitrogens with one attached hydrogen (secondary N) is 1. The number of benzene rings is 3. The third-order valence-electron chi connectivity index (χ3n) is 5.43. The van der Waals surface area contributed by atoms with Crippen LogP contribution in [-0.2, 0) is 21.2 Å². The Morgan fingerprint density at radius 3 is 2.47 bits per heavy atom. The molecule has 1 aliphatic heterocycles. The number of sulfonamides is 1. The maximum absolute atomic E-state index is 12.5. The Balaban J connectivity index is 1.36. The van der Waals surface area contributed by atoms with Gasteiger partial charge in [-0.15, -0.1) is 4.72 Å². The summed E-state index contributed by atoms with van der Waals surface area (Å²) in [6, 6.07) is 24.9. The van der Waals surface area contributed by atoms with Crippen molar-refractivity contribution in [2.45, 2.75) is 23.9 Å². The van der Waals surface area contributed by atoms with Gasteiger partial charge in [0.05, 0.1) is 13.2 Å². The second-order valence-electron chi connectivity index (χ2n) is 7.55. The summed E-state index contributed by atoms with van der Waals surface area (Å²) in [5, 5.41) is 0. The second-order valence-corrected chi connectivity index (χ2v) is 9.27. The number of rotatable bonds is 7. The molecule has 1 aliphatic rings. The molecule has 30 heavy (non-hydrogen) atoms. The van der Waals surface area contributed by atoms with Gasteiger partial charge in [-0.25, -0.2) is 0 Å². The zero-order valence-corrected chi connectivity index (χ0v) is 17.8. The maximum atomic E-state index is 12.5. The van der Waals surface area contributed by atoms with Gasteiger partial charge in [-0.1, -0.05) is 64.9 Å². The highest BCUT2D eigenvalue weighted by Crippen LogP contribution is 2.30. The van der Waals surface area contributed by atoms with Crippen molar-refractivity contribution in [1.29, 1.82) is 0 Å². The average Bonchev–Trinajstić information content (AvgIpc) is 3.21. The first-order valence-corrected chi connectivity index (χ1v) is 11.6. The number of hydrogen-bond donors (Lipinski definition) is 1. The minimum absolute atomic E-state index is 0.0666. The molecule has 1 heterocycles.